The van der Waals surface area contributed by atoms with Gasteiger partial charge < -0.3 is 5.32 Å². The quantitative estimate of drug-likeness (QED) is 0.874. The number of anilines is 1. The topological polar surface area (TPSA) is 89.3 Å². The van der Waals surface area contributed by atoms with Crippen molar-refractivity contribution in [3.63, 3.8) is 0 Å². The van der Waals surface area contributed by atoms with Crippen molar-refractivity contribution >= 4 is 37.5 Å². The molecule has 0 aliphatic rings. The molecule has 19 heavy (non-hydrogen) atoms. The standard InChI is InChI=1S/C12H17BrN2O3S/c1-7(2)8(3)12(16)15-11-5-4-9(6-10(11)13)19(14,17)18/h4-8H,1-3H3,(H,15,16)(H2,14,17,18). The Hall–Kier alpha value is -0.920. The van der Waals surface area contributed by atoms with Crippen LogP contribution < -0.4 is 10.5 Å². The van der Waals surface area contributed by atoms with Crippen LogP contribution in [0.5, 0.6) is 0 Å². The molecule has 5 nitrogen and oxygen atoms in total. The maximum absolute atomic E-state index is 11.9. The lowest BCUT2D eigenvalue weighted by Gasteiger charge is -2.16. The van der Waals surface area contributed by atoms with Gasteiger partial charge in [-0.25, -0.2) is 13.6 Å². The van der Waals surface area contributed by atoms with Gasteiger partial charge in [-0.1, -0.05) is 20.8 Å². The van der Waals surface area contributed by atoms with Crippen LogP contribution in [0, 0.1) is 11.8 Å². The zero-order valence-electron chi connectivity index (χ0n) is 11.0. The molecule has 0 saturated heterocycles. The van der Waals surface area contributed by atoms with Crippen LogP contribution in [0.2, 0.25) is 0 Å². The third-order valence-corrected chi connectivity index (χ3v) is 4.51. The van der Waals surface area contributed by atoms with Crippen molar-refractivity contribution in [3.8, 4) is 0 Å². The predicted octanol–water partition coefficient (Wildman–Crippen LogP) is 2.33. The first kappa shape index (κ1) is 16.1. The molecule has 1 aromatic carbocycles. The van der Waals surface area contributed by atoms with Crippen molar-refractivity contribution in [3.05, 3.63) is 22.7 Å². The minimum atomic E-state index is -3.74. The number of nitrogens with two attached hydrogens (primary N) is 1. The van der Waals surface area contributed by atoms with Crippen LogP contribution in [0.25, 0.3) is 0 Å². The second-order valence-electron chi connectivity index (χ2n) is 4.71. The monoisotopic (exact) mass is 348 g/mol. The summed E-state index contributed by atoms with van der Waals surface area (Å²) >= 11 is 3.22. The highest BCUT2D eigenvalue weighted by Crippen LogP contribution is 2.26. The molecule has 1 atom stereocenters. The number of hydrogen-bond acceptors (Lipinski definition) is 3. The zero-order chi connectivity index (χ0) is 14.8. The normalized spacial score (nSPS) is 13.4. The lowest BCUT2D eigenvalue weighted by molar-refractivity contribution is -0.120. The number of hydrogen-bond donors (Lipinski definition) is 2. The summed E-state index contributed by atoms with van der Waals surface area (Å²) in [5.74, 6) is -0.0219. The molecule has 7 heteroatoms. The van der Waals surface area contributed by atoms with Gasteiger partial charge in [-0.3, -0.25) is 4.79 Å². The molecule has 1 aromatic rings. The van der Waals surface area contributed by atoms with Crippen molar-refractivity contribution in [2.75, 3.05) is 5.32 Å². The molecule has 0 radical (unpaired) electrons. The molecule has 1 rings (SSSR count). The highest BCUT2D eigenvalue weighted by atomic mass is 79.9. The van der Waals surface area contributed by atoms with Crippen LogP contribution in [0.15, 0.2) is 27.6 Å². The van der Waals surface area contributed by atoms with E-state index in [1.165, 1.54) is 18.2 Å². The van der Waals surface area contributed by atoms with Crippen LogP contribution in [0.4, 0.5) is 5.69 Å². The number of sulfonamides is 1. The minimum absolute atomic E-state index is 0.00529. The first-order chi connectivity index (χ1) is 8.62. The third-order valence-electron chi connectivity index (χ3n) is 2.94. The van der Waals surface area contributed by atoms with Crippen molar-refractivity contribution in [2.24, 2.45) is 17.0 Å². The number of carbonyl (C=O) groups excluding carboxylic acids is 1. The molecule has 3 N–H and O–H groups in total. The molecular formula is C12H17BrN2O3S. The molecule has 0 aliphatic heterocycles. The van der Waals surface area contributed by atoms with Crippen molar-refractivity contribution < 1.29 is 13.2 Å². The Labute approximate surface area is 121 Å². The van der Waals surface area contributed by atoms with E-state index in [1.807, 2.05) is 20.8 Å². The Bertz CT molecular complexity index is 585. The SMILES string of the molecule is CC(C)C(C)C(=O)Nc1ccc(S(N)(=O)=O)cc1Br. The molecular weight excluding hydrogens is 332 g/mol. The Balaban J connectivity index is 2.96. The lowest BCUT2D eigenvalue weighted by Crippen LogP contribution is -2.24. The Morgan fingerprint density at radius 2 is 1.89 bits per heavy atom. The van der Waals surface area contributed by atoms with E-state index in [1.54, 1.807) is 0 Å². The lowest BCUT2D eigenvalue weighted by atomic mass is 9.97. The van der Waals surface area contributed by atoms with Crippen molar-refractivity contribution in [2.45, 2.75) is 25.7 Å². The molecule has 0 aliphatic carbocycles. The van der Waals surface area contributed by atoms with Gasteiger partial charge in [0.25, 0.3) is 0 Å². The summed E-state index contributed by atoms with van der Waals surface area (Å²) in [6, 6.07) is 4.23. The average Bonchev–Trinajstić information content (AvgIpc) is 2.29. The maximum Gasteiger partial charge on any atom is 0.238 e. The summed E-state index contributed by atoms with van der Waals surface area (Å²) < 4.78 is 22.8. The van der Waals surface area contributed by atoms with Gasteiger partial charge in [-0.05, 0) is 40.0 Å². The fourth-order valence-corrected chi connectivity index (χ4v) is 2.49. The molecule has 0 spiro atoms. The van der Waals surface area contributed by atoms with E-state index in [2.05, 4.69) is 21.2 Å². The molecule has 0 aromatic heterocycles. The predicted molar refractivity (Wildman–Crippen MR) is 78.1 cm³/mol. The summed E-state index contributed by atoms with van der Waals surface area (Å²) in [5.41, 5.74) is 0.518. The van der Waals surface area contributed by atoms with Crippen molar-refractivity contribution in [1.82, 2.24) is 0 Å². The molecule has 1 amide bonds. The maximum atomic E-state index is 11.9. The minimum Gasteiger partial charge on any atom is -0.325 e. The average molecular weight is 349 g/mol. The summed E-state index contributed by atoms with van der Waals surface area (Å²) in [4.78, 5) is 11.9. The van der Waals surface area contributed by atoms with Crippen LogP contribution in [-0.4, -0.2) is 14.3 Å². The molecule has 0 fully saturated rings. The molecule has 0 heterocycles. The van der Waals surface area contributed by atoms with Crippen LogP contribution in [0.1, 0.15) is 20.8 Å². The van der Waals surface area contributed by atoms with E-state index in [0.717, 1.165) is 0 Å². The molecule has 106 valence electrons. The third kappa shape index (κ3) is 4.29. The van der Waals surface area contributed by atoms with E-state index in [4.69, 9.17) is 5.14 Å². The van der Waals surface area contributed by atoms with Gasteiger partial charge in [-0.15, -0.1) is 0 Å². The van der Waals surface area contributed by atoms with Gasteiger partial charge in [0, 0.05) is 10.4 Å². The number of rotatable bonds is 4. The number of primary sulfonamides is 1. The van der Waals surface area contributed by atoms with Gasteiger partial charge in [0.05, 0.1) is 10.6 Å². The zero-order valence-corrected chi connectivity index (χ0v) is 13.4. The summed E-state index contributed by atoms with van der Waals surface area (Å²) in [6.07, 6.45) is 0. The second kappa shape index (κ2) is 6.02. The van der Waals surface area contributed by atoms with Crippen LogP contribution in [0.3, 0.4) is 0 Å². The van der Waals surface area contributed by atoms with E-state index in [0.29, 0.717) is 10.2 Å². The van der Waals surface area contributed by atoms with Gasteiger partial charge >= 0.3 is 0 Å². The highest BCUT2D eigenvalue weighted by molar-refractivity contribution is 9.10. The number of halogens is 1. The number of benzene rings is 1. The fourth-order valence-electron chi connectivity index (χ4n) is 1.32. The van der Waals surface area contributed by atoms with E-state index in [9.17, 15) is 13.2 Å². The van der Waals surface area contributed by atoms with E-state index in [-0.39, 0.29) is 22.6 Å². The first-order valence-electron chi connectivity index (χ1n) is 5.76. The van der Waals surface area contributed by atoms with E-state index < -0.39 is 10.0 Å². The number of nitrogens with one attached hydrogen (secondary N) is 1. The summed E-state index contributed by atoms with van der Waals surface area (Å²) in [6.45, 7) is 5.76. The Morgan fingerprint density at radius 1 is 1.32 bits per heavy atom. The summed E-state index contributed by atoms with van der Waals surface area (Å²) in [5, 5.41) is 7.78. The molecule has 0 saturated carbocycles. The number of amides is 1. The molecule has 0 bridgehead atoms. The van der Waals surface area contributed by atoms with Crippen molar-refractivity contribution in [1.29, 1.82) is 0 Å². The van der Waals surface area contributed by atoms with Gasteiger partial charge in [0.1, 0.15) is 0 Å². The highest BCUT2D eigenvalue weighted by Gasteiger charge is 2.18. The second-order valence-corrected chi connectivity index (χ2v) is 7.12. The largest absolute Gasteiger partial charge is 0.325 e. The van der Waals surface area contributed by atoms with Gasteiger partial charge in [0.15, 0.2) is 0 Å². The molecule has 1 unspecified atom stereocenters. The first-order valence-corrected chi connectivity index (χ1v) is 8.10. The van der Waals surface area contributed by atoms with Crippen LogP contribution >= 0.6 is 15.9 Å². The van der Waals surface area contributed by atoms with Gasteiger partial charge in [-0.2, -0.15) is 0 Å². The fraction of sp³-hybridized carbons (Fsp3) is 0.417. The van der Waals surface area contributed by atoms with E-state index >= 15 is 0 Å². The number of carbonyl (C=O) groups is 1. The smallest absolute Gasteiger partial charge is 0.238 e. The van der Waals surface area contributed by atoms with Crippen LogP contribution in [-0.2, 0) is 14.8 Å². The summed E-state index contributed by atoms with van der Waals surface area (Å²) in [7, 11) is -3.74. The Kier molecular flexibility index (Phi) is 5.11. The Morgan fingerprint density at radius 3 is 2.32 bits per heavy atom. The van der Waals surface area contributed by atoms with Gasteiger partial charge in [0.2, 0.25) is 15.9 Å².